The third-order valence-electron chi connectivity index (χ3n) is 6.05. The zero-order chi connectivity index (χ0) is 21.1. The number of aromatic nitrogens is 5. The van der Waals surface area contributed by atoms with Crippen LogP contribution in [0.1, 0.15) is 29.7 Å². The minimum absolute atomic E-state index is 0.0295. The molecule has 4 aromatic rings. The zero-order valence-corrected chi connectivity index (χ0v) is 17.2. The van der Waals surface area contributed by atoms with Gasteiger partial charge in [0.25, 0.3) is 0 Å². The summed E-state index contributed by atoms with van der Waals surface area (Å²) in [6.07, 6.45) is 4.43. The molecule has 0 fully saturated rings. The van der Waals surface area contributed by atoms with Crippen LogP contribution in [0.3, 0.4) is 0 Å². The number of benzene rings is 1. The third kappa shape index (κ3) is 2.69. The van der Waals surface area contributed by atoms with E-state index in [1.165, 1.54) is 6.07 Å². The average Bonchev–Trinajstić information content (AvgIpc) is 3.49. The highest BCUT2D eigenvalue weighted by atomic mass is 19.1. The molecule has 5 heterocycles. The molecule has 158 valence electrons. The maximum Gasteiger partial charge on any atom is 0.170 e. The molecule has 0 saturated carbocycles. The Balaban J connectivity index is 1.53. The molecule has 1 atom stereocenters. The van der Waals surface area contributed by atoms with Gasteiger partial charge in [0.1, 0.15) is 17.9 Å². The van der Waals surface area contributed by atoms with E-state index in [9.17, 15) is 4.39 Å². The number of hydrogen-bond donors (Lipinski definition) is 1. The Kier molecular flexibility index (Phi) is 3.92. The molecule has 0 radical (unpaired) electrons. The minimum atomic E-state index is -0.246. The summed E-state index contributed by atoms with van der Waals surface area (Å²) in [6.45, 7) is 3.25. The SMILES string of the molecule is CCc1nn(C)cc1-c1cc2c(n3cnnc13)NCc1c(F)ccc3c1[C@@H](CO3)CO2. The molecule has 6 rings (SSSR count). The molecule has 2 aliphatic rings. The molecule has 0 aliphatic carbocycles. The van der Waals surface area contributed by atoms with Crippen LogP contribution < -0.4 is 14.8 Å². The van der Waals surface area contributed by atoms with Crippen molar-refractivity contribution in [2.75, 3.05) is 18.5 Å². The van der Waals surface area contributed by atoms with E-state index in [0.29, 0.717) is 42.5 Å². The predicted molar refractivity (Wildman–Crippen MR) is 112 cm³/mol. The summed E-state index contributed by atoms with van der Waals surface area (Å²) in [6, 6.07) is 5.14. The molecule has 0 bridgehead atoms. The van der Waals surface area contributed by atoms with Gasteiger partial charge in [-0.15, -0.1) is 10.2 Å². The number of hydrogen-bond acceptors (Lipinski definition) is 6. The summed E-state index contributed by atoms with van der Waals surface area (Å²) in [7, 11) is 1.91. The van der Waals surface area contributed by atoms with E-state index in [2.05, 4.69) is 27.5 Å². The number of rotatable bonds is 2. The molecule has 0 amide bonds. The first-order valence-electron chi connectivity index (χ1n) is 10.3. The lowest BCUT2D eigenvalue weighted by Gasteiger charge is -2.16. The highest BCUT2D eigenvalue weighted by molar-refractivity contribution is 5.82. The molecule has 0 saturated heterocycles. The quantitative estimate of drug-likeness (QED) is 0.536. The number of nitrogens with one attached hydrogen (secondary N) is 1. The van der Waals surface area contributed by atoms with Gasteiger partial charge in [0.05, 0.1) is 24.8 Å². The highest BCUT2D eigenvalue weighted by Crippen LogP contribution is 2.42. The van der Waals surface area contributed by atoms with Crippen molar-refractivity contribution in [1.29, 1.82) is 0 Å². The van der Waals surface area contributed by atoms with Crippen LogP contribution in [0.5, 0.6) is 11.5 Å². The summed E-state index contributed by atoms with van der Waals surface area (Å²) in [5, 5.41) is 16.4. The van der Waals surface area contributed by atoms with Crippen LogP contribution in [0.4, 0.5) is 10.2 Å². The molecule has 0 unspecified atom stereocenters. The number of ether oxygens (including phenoxy) is 2. The Morgan fingerprint density at radius 3 is 2.87 bits per heavy atom. The lowest BCUT2D eigenvalue weighted by molar-refractivity contribution is 0.249. The topological polar surface area (TPSA) is 78.5 Å². The molecular weight excluding hydrogens is 399 g/mol. The molecule has 0 spiro atoms. The normalized spacial score (nSPS) is 17.1. The van der Waals surface area contributed by atoms with Crippen LogP contribution in [-0.4, -0.2) is 37.6 Å². The van der Waals surface area contributed by atoms with Crippen LogP contribution in [0.15, 0.2) is 30.7 Å². The number of halogens is 1. The molecule has 3 aromatic heterocycles. The van der Waals surface area contributed by atoms with Gasteiger partial charge in [-0.25, -0.2) is 4.39 Å². The monoisotopic (exact) mass is 420 g/mol. The largest absolute Gasteiger partial charge is 0.493 e. The van der Waals surface area contributed by atoms with Gasteiger partial charge >= 0.3 is 0 Å². The minimum Gasteiger partial charge on any atom is -0.493 e. The molecule has 31 heavy (non-hydrogen) atoms. The standard InChI is InChI=1S/C22H21FN6O2/c1-3-17-15(8-28(2)27-17)13-6-19-22(29-11-25-26-21(13)29)24-7-14-16(23)4-5-18-20(14)12(9-30-18)10-31-19/h4-6,8,11-12,24H,3,7,9-10H2,1-2H3/t12-/m0/s1. The maximum absolute atomic E-state index is 14.7. The Hall–Kier alpha value is -3.62. The zero-order valence-electron chi connectivity index (χ0n) is 17.2. The van der Waals surface area contributed by atoms with Crippen molar-refractivity contribution < 1.29 is 13.9 Å². The molecule has 1 N–H and O–H groups in total. The van der Waals surface area contributed by atoms with Gasteiger partial charge in [-0.3, -0.25) is 9.08 Å². The first-order valence-corrected chi connectivity index (χ1v) is 10.3. The van der Waals surface area contributed by atoms with E-state index in [1.807, 2.05) is 23.7 Å². The van der Waals surface area contributed by atoms with Crippen molar-refractivity contribution in [3.8, 4) is 22.6 Å². The van der Waals surface area contributed by atoms with Crippen molar-refractivity contribution in [1.82, 2.24) is 24.4 Å². The van der Waals surface area contributed by atoms with Crippen molar-refractivity contribution >= 4 is 11.5 Å². The molecule has 1 aromatic carbocycles. The van der Waals surface area contributed by atoms with Crippen LogP contribution in [-0.2, 0) is 20.0 Å². The second-order valence-corrected chi connectivity index (χ2v) is 7.92. The highest BCUT2D eigenvalue weighted by Gasteiger charge is 2.31. The van der Waals surface area contributed by atoms with Crippen molar-refractivity contribution in [2.45, 2.75) is 25.8 Å². The fraction of sp³-hybridized carbons (Fsp3) is 0.318. The third-order valence-corrected chi connectivity index (χ3v) is 6.05. The number of fused-ring (bicyclic) bond motifs is 3. The smallest absolute Gasteiger partial charge is 0.170 e. The lowest BCUT2D eigenvalue weighted by Crippen LogP contribution is -2.13. The van der Waals surface area contributed by atoms with E-state index in [0.717, 1.165) is 34.6 Å². The van der Waals surface area contributed by atoms with E-state index < -0.39 is 0 Å². The van der Waals surface area contributed by atoms with Gasteiger partial charge in [0.2, 0.25) is 0 Å². The van der Waals surface area contributed by atoms with Gasteiger partial charge in [-0.2, -0.15) is 5.10 Å². The summed E-state index contributed by atoms with van der Waals surface area (Å²) >= 11 is 0. The van der Waals surface area contributed by atoms with E-state index >= 15 is 0 Å². The predicted octanol–water partition coefficient (Wildman–Crippen LogP) is 3.31. The Bertz CT molecular complexity index is 1330. The molecule has 8 nitrogen and oxygen atoms in total. The van der Waals surface area contributed by atoms with E-state index in [1.54, 1.807) is 17.1 Å². The number of nitrogens with zero attached hydrogens (tertiary/aromatic N) is 5. The van der Waals surface area contributed by atoms with E-state index in [4.69, 9.17) is 9.47 Å². The van der Waals surface area contributed by atoms with Gasteiger partial charge in [-0.05, 0) is 24.6 Å². The first kappa shape index (κ1) is 18.2. The number of anilines is 1. The summed E-state index contributed by atoms with van der Waals surface area (Å²) in [5.74, 6) is 1.82. The second kappa shape index (κ2) is 6.69. The summed E-state index contributed by atoms with van der Waals surface area (Å²) in [5.41, 5.74) is 5.07. The van der Waals surface area contributed by atoms with Crippen LogP contribution in [0.2, 0.25) is 0 Å². The van der Waals surface area contributed by atoms with Gasteiger partial charge in [-0.1, -0.05) is 6.92 Å². The second-order valence-electron chi connectivity index (χ2n) is 7.92. The molecule has 9 heteroatoms. The number of pyridine rings is 1. The average molecular weight is 420 g/mol. The maximum atomic E-state index is 14.7. The molecule has 2 aliphatic heterocycles. The summed E-state index contributed by atoms with van der Waals surface area (Å²) in [4.78, 5) is 0. The first-order chi connectivity index (χ1) is 15.1. The van der Waals surface area contributed by atoms with Crippen molar-refractivity contribution in [3.05, 3.63) is 53.4 Å². The Morgan fingerprint density at radius 1 is 1.19 bits per heavy atom. The van der Waals surface area contributed by atoms with Crippen LogP contribution in [0, 0.1) is 5.82 Å². The fourth-order valence-corrected chi connectivity index (χ4v) is 4.60. The van der Waals surface area contributed by atoms with Crippen LogP contribution >= 0.6 is 0 Å². The number of aryl methyl sites for hydroxylation is 2. The lowest BCUT2D eigenvalue weighted by atomic mass is 9.96. The van der Waals surface area contributed by atoms with Crippen molar-refractivity contribution in [2.24, 2.45) is 7.05 Å². The van der Waals surface area contributed by atoms with Crippen LogP contribution in [0.25, 0.3) is 16.8 Å². The van der Waals surface area contributed by atoms with Gasteiger partial charge in [0.15, 0.2) is 17.2 Å². The Morgan fingerprint density at radius 2 is 2.03 bits per heavy atom. The van der Waals surface area contributed by atoms with Crippen molar-refractivity contribution in [3.63, 3.8) is 0 Å². The van der Waals surface area contributed by atoms with Gasteiger partial charge in [0, 0.05) is 42.0 Å². The summed E-state index contributed by atoms with van der Waals surface area (Å²) < 4.78 is 30.5. The fourth-order valence-electron chi connectivity index (χ4n) is 4.60. The van der Waals surface area contributed by atoms with Gasteiger partial charge < -0.3 is 14.8 Å². The molecular formula is C22H21FN6O2. The van der Waals surface area contributed by atoms with E-state index in [-0.39, 0.29) is 11.7 Å². The Labute approximate surface area is 177 Å².